The second-order valence-corrected chi connectivity index (χ2v) is 7.08. The molecule has 0 radical (unpaired) electrons. The molecule has 2 aromatic rings. The molecule has 0 aromatic carbocycles. The quantitative estimate of drug-likeness (QED) is 0.751. The largest absolute Gasteiger partial charge is 0.333 e. The van der Waals surface area contributed by atoms with Crippen LogP contribution in [0.25, 0.3) is 10.8 Å². The first-order valence-electron chi connectivity index (χ1n) is 8.45. The number of rotatable bonds is 8. The molecule has 1 fully saturated rings. The fourth-order valence-corrected chi connectivity index (χ4v) is 3.52. The van der Waals surface area contributed by atoms with Crippen molar-refractivity contribution in [3.05, 3.63) is 17.3 Å². The molecule has 1 amide bonds. The minimum absolute atomic E-state index is 0.0717. The van der Waals surface area contributed by atoms with Crippen LogP contribution in [0, 0.1) is 5.92 Å². The van der Waals surface area contributed by atoms with E-state index in [0.29, 0.717) is 11.8 Å². The van der Waals surface area contributed by atoms with Gasteiger partial charge >= 0.3 is 0 Å². The van der Waals surface area contributed by atoms with Crippen LogP contribution in [0.3, 0.4) is 0 Å². The van der Waals surface area contributed by atoms with Gasteiger partial charge in [-0.25, -0.2) is 0 Å². The summed E-state index contributed by atoms with van der Waals surface area (Å²) in [6, 6.07) is 1.91. The van der Waals surface area contributed by atoms with Crippen LogP contribution in [-0.4, -0.2) is 16.0 Å². The molecule has 23 heavy (non-hydrogen) atoms. The van der Waals surface area contributed by atoms with Crippen LogP contribution < -0.4 is 5.32 Å². The zero-order chi connectivity index (χ0) is 16.2. The summed E-state index contributed by atoms with van der Waals surface area (Å²) in [5.74, 6) is 1.93. The molecule has 5 nitrogen and oxygen atoms in total. The lowest BCUT2D eigenvalue weighted by molar-refractivity contribution is -0.120. The van der Waals surface area contributed by atoms with E-state index in [-0.39, 0.29) is 11.8 Å². The highest BCUT2D eigenvalue weighted by Crippen LogP contribution is 2.40. The molecule has 0 unspecified atom stereocenters. The number of carbonyl (C=O) groups excluding carboxylic acids is 1. The summed E-state index contributed by atoms with van der Waals surface area (Å²) in [7, 11) is 0. The average molecular weight is 333 g/mol. The molecule has 0 bridgehead atoms. The van der Waals surface area contributed by atoms with E-state index >= 15 is 0 Å². The summed E-state index contributed by atoms with van der Waals surface area (Å²) in [5, 5.41) is 9.06. The Kier molecular flexibility index (Phi) is 5.10. The number of hydrogen-bond acceptors (Lipinski definition) is 5. The van der Waals surface area contributed by atoms with Gasteiger partial charge in [0.2, 0.25) is 5.91 Å². The lowest BCUT2D eigenvalue weighted by Gasteiger charge is -2.15. The molecule has 0 saturated heterocycles. The van der Waals surface area contributed by atoms with Gasteiger partial charge in [-0.3, -0.25) is 4.79 Å². The Labute approximate surface area is 140 Å². The first kappa shape index (κ1) is 16.2. The van der Waals surface area contributed by atoms with Crippen molar-refractivity contribution < 1.29 is 9.32 Å². The van der Waals surface area contributed by atoms with Crippen LogP contribution >= 0.6 is 11.3 Å². The van der Waals surface area contributed by atoms with Crippen molar-refractivity contribution in [2.45, 2.75) is 58.3 Å². The average Bonchev–Trinajstić information content (AvgIpc) is 3.09. The normalized spacial score (nSPS) is 14.4. The molecule has 6 heteroatoms. The molecule has 0 atom stereocenters. The molecule has 1 aliphatic carbocycles. The van der Waals surface area contributed by atoms with Crippen molar-refractivity contribution in [3.63, 3.8) is 0 Å². The lowest BCUT2D eigenvalue weighted by Crippen LogP contribution is -2.22. The Bertz CT molecular complexity index is 654. The Balaban J connectivity index is 1.73. The molecule has 1 aliphatic rings. The number of anilines is 1. The van der Waals surface area contributed by atoms with Crippen molar-refractivity contribution >= 4 is 22.9 Å². The fourth-order valence-electron chi connectivity index (χ4n) is 2.75. The van der Waals surface area contributed by atoms with E-state index in [9.17, 15) is 4.79 Å². The number of amides is 1. The molecule has 124 valence electrons. The van der Waals surface area contributed by atoms with E-state index in [1.165, 1.54) is 11.3 Å². The highest BCUT2D eigenvalue weighted by molar-refractivity contribution is 7.14. The first-order valence-corrected chi connectivity index (χ1v) is 9.33. The molecule has 1 saturated carbocycles. The van der Waals surface area contributed by atoms with Crippen molar-refractivity contribution in [1.82, 2.24) is 10.1 Å². The second kappa shape index (κ2) is 7.25. The maximum absolute atomic E-state index is 12.5. The second-order valence-electron chi connectivity index (χ2n) is 6.16. The summed E-state index contributed by atoms with van der Waals surface area (Å²) in [5.41, 5.74) is 0.781. The van der Waals surface area contributed by atoms with Gasteiger partial charge in [-0.05, 0) is 37.1 Å². The number of thiophene rings is 1. The summed E-state index contributed by atoms with van der Waals surface area (Å²) in [4.78, 5) is 17.9. The van der Waals surface area contributed by atoms with Gasteiger partial charge in [0, 0.05) is 11.8 Å². The van der Waals surface area contributed by atoms with Gasteiger partial charge in [-0.15, -0.1) is 11.3 Å². The maximum atomic E-state index is 12.5. The molecular weight excluding hydrogens is 310 g/mol. The van der Waals surface area contributed by atoms with Gasteiger partial charge in [0.05, 0.1) is 5.69 Å². The minimum Gasteiger partial charge on any atom is -0.333 e. The molecule has 0 aliphatic heterocycles. The molecule has 0 spiro atoms. The highest BCUT2D eigenvalue weighted by atomic mass is 32.1. The van der Waals surface area contributed by atoms with Crippen LogP contribution in [0.4, 0.5) is 5.69 Å². The van der Waals surface area contributed by atoms with Crippen molar-refractivity contribution in [2.24, 2.45) is 5.92 Å². The smallest absolute Gasteiger partial charge is 0.270 e. The highest BCUT2D eigenvalue weighted by Gasteiger charge is 2.29. The molecule has 2 aromatic heterocycles. The first-order chi connectivity index (χ1) is 11.2. The van der Waals surface area contributed by atoms with E-state index in [1.807, 2.05) is 11.4 Å². The number of carbonyl (C=O) groups is 1. The zero-order valence-corrected chi connectivity index (χ0v) is 14.5. The Morgan fingerprint density at radius 3 is 2.78 bits per heavy atom. The molecular formula is C17H23N3O2S. The molecule has 1 N–H and O–H groups in total. The Morgan fingerprint density at radius 1 is 1.39 bits per heavy atom. The van der Waals surface area contributed by atoms with Crippen LogP contribution in [0.1, 0.15) is 64.1 Å². The number of nitrogens with zero attached hydrogens (tertiary/aromatic N) is 2. The van der Waals surface area contributed by atoms with Gasteiger partial charge < -0.3 is 9.84 Å². The van der Waals surface area contributed by atoms with E-state index in [2.05, 4.69) is 29.3 Å². The lowest BCUT2D eigenvalue weighted by atomic mass is 9.97. The van der Waals surface area contributed by atoms with Gasteiger partial charge in [-0.2, -0.15) is 4.98 Å². The number of aromatic nitrogens is 2. The van der Waals surface area contributed by atoms with Gasteiger partial charge in [0.15, 0.2) is 5.82 Å². The fraction of sp³-hybridized carbons (Fsp3) is 0.588. The summed E-state index contributed by atoms with van der Waals surface area (Å²) in [6.07, 6.45) is 6.16. The SMILES string of the molecule is CCCC(CCC)C(=O)Nc1ccsc1-c1nc(C2CC2)no1. The van der Waals surface area contributed by atoms with E-state index in [4.69, 9.17) is 4.52 Å². The number of nitrogens with one attached hydrogen (secondary N) is 1. The minimum atomic E-state index is 0.0717. The third kappa shape index (κ3) is 3.80. The third-order valence-corrected chi connectivity index (χ3v) is 5.05. The van der Waals surface area contributed by atoms with E-state index < -0.39 is 0 Å². The van der Waals surface area contributed by atoms with E-state index in [1.54, 1.807) is 0 Å². The maximum Gasteiger partial charge on any atom is 0.270 e. The molecule has 2 heterocycles. The third-order valence-electron chi connectivity index (χ3n) is 4.15. The van der Waals surface area contributed by atoms with E-state index in [0.717, 1.165) is 54.9 Å². The summed E-state index contributed by atoms with van der Waals surface area (Å²) < 4.78 is 5.39. The summed E-state index contributed by atoms with van der Waals surface area (Å²) >= 11 is 1.52. The topological polar surface area (TPSA) is 68.0 Å². The van der Waals surface area contributed by atoms with Crippen LogP contribution in [0.2, 0.25) is 0 Å². The standard InChI is InChI=1S/C17H23N3O2S/c1-3-5-12(6-4-2)16(21)18-13-9-10-23-14(13)17-19-15(20-22-17)11-7-8-11/h9-12H,3-8H2,1-2H3,(H,18,21). The molecule has 3 rings (SSSR count). The number of hydrogen-bond donors (Lipinski definition) is 1. The predicted molar refractivity (Wildman–Crippen MR) is 91.5 cm³/mol. The van der Waals surface area contributed by atoms with Crippen LogP contribution in [0.5, 0.6) is 0 Å². The van der Waals surface area contributed by atoms with Crippen LogP contribution in [0.15, 0.2) is 16.0 Å². The van der Waals surface area contributed by atoms with Crippen molar-refractivity contribution in [2.75, 3.05) is 5.32 Å². The van der Waals surface area contributed by atoms with Crippen molar-refractivity contribution in [3.8, 4) is 10.8 Å². The zero-order valence-electron chi connectivity index (χ0n) is 13.7. The Morgan fingerprint density at radius 2 is 2.13 bits per heavy atom. The summed E-state index contributed by atoms with van der Waals surface area (Å²) in [6.45, 7) is 4.23. The van der Waals surface area contributed by atoms with Gasteiger partial charge in [0.25, 0.3) is 5.89 Å². The van der Waals surface area contributed by atoms with Gasteiger partial charge in [-0.1, -0.05) is 31.8 Å². The van der Waals surface area contributed by atoms with Crippen LogP contribution in [-0.2, 0) is 4.79 Å². The van der Waals surface area contributed by atoms with Crippen molar-refractivity contribution in [1.29, 1.82) is 0 Å². The monoisotopic (exact) mass is 333 g/mol. The van der Waals surface area contributed by atoms with Gasteiger partial charge in [0.1, 0.15) is 4.88 Å². The Hall–Kier alpha value is -1.69. The predicted octanol–water partition coefficient (Wildman–Crippen LogP) is 4.83.